The Morgan fingerprint density at radius 3 is 2.57 bits per heavy atom. The first kappa shape index (κ1) is 15.3. The normalized spacial score (nSPS) is 12.3. The van der Waals surface area contributed by atoms with Crippen LogP contribution >= 0.6 is 11.6 Å². The zero-order chi connectivity index (χ0) is 15.2. The quantitative estimate of drug-likeness (QED) is 0.801. The molecule has 1 aromatic heterocycles. The number of aromatic nitrogens is 1. The van der Waals surface area contributed by atoms with Crippen LogP contribution in [0, 0.1) is 0 Å². The van der Waals surface area contributed by atoms with E-state index in [1.807, 2.05) is 49.4 Å². The highest BCUT2D eigenvalue weighted by Crippen LogP contribution is 2.21. The van der Waals surface area contributed by atoms with E-state index in [0.717, 1.165) is 11.3 Å². The van der Waals surface area contributed by atoms with E-state index >= 15 is 0 Å². The Hall–Kier alpha value is -2.13. The van der Waals surface area contributed by atoms with Crippen molar-refractivity contribution in [3.63, 3.8) is 0 Å². The van der Waals surface area contributed by atoms with Crippen LogP contribution in [0.2, 0.25) is 5.02 Å². The molecule has 0 fully saturated rings. The Bertz CT molecular complexity index is 623. The monoisotopic (exact) mass is 300 g/mol. The third-order valence-corrected chi connectivity index (χ3v) is 3.62. The zero-order valence-electron chi connectivity index (χ0n) is 12.0. The lowest BCUT2D eigenvalue weighted by molar-refractivity contribution is -0.126. The van der Waals surface area contributed by atoms with Gasteiger partial charge in [0.1, 0.15) is 0 Å². The predicted octanol–water partition coefficient (Wildman–Crippen LogP) is 3.97. The average Bonchev–Trinajstić information content (AvgIpc) is 2.53. The van der Waals surface area contributed by atoms with Crippen molar-refractivity contribution >= 4 is 23.6 Å². The second-order valence-corrected chi connectivity index (χ2v) is 5.20. The molecule has 1 amide bonds. The Labute approximate surface area is 129 Å². The largest absolute Gasteiger partial charge is 0.335 e. The summed E-state index contributed by atoms with van der Waals surface area (Å²) in [6.07, 6.45) is 4.95. The SMILES string of the molecule is C[C@@H](c1ccc(Cl)cc1)N(C)C(=O)/C=C\c1ccccn1. The van der Waals surface area contributed by atoms with Crippen LogP contribution in [0.5, 0.6) is 0 Å². The number of benzene rings is 1. The van der Waals surface area contributed by atoms with Crippen molar-refractivity contribution in [1.29, 1.82) is 0 Å². The van der Waals surface area contributed by atoms with Crippen molar-refractivity contribution in [2.24, 2.45) is 0 Å². The Morgan fingerprint density at radius 2 is 1.95 bits per heavy atom. The molecule has 21 heavy (non-hydrogen) atoms. The van der Waals surface area contributed by atoms with Crippen LogP contribution in [0.25, 0.3) is 6.08 Å². The molecule has 4 heteroatoms. The van der Waals surface area contributed by atoms with E-state index in [1.54, 1.807) is 24.2 Å². The van der Waals surface area contributed by atoms with Gasteiger partial charge < -0.3 is 4.90 Å². The van der Waals surface area contributed by atoms with Gasteiger partial charge in [0, 0.05) is 24.3 Å². The van der Waals surface area contributed by atoms with E-state index in [0.29, 0.717) is 5.02 Å². The van der Waals surface area contributed by atoms with Gasteiger partial charge in [-0.3, -0.25) is 9.78 Å². The number of rotatable bonds is 4. The van der Waals surface area contributed by atoms with E-state index in [1.165, 1.54) is 6.08 Å². The molecule has 1 atom stereocenters. The van der Waals surface area contributed by atoms with Crippen molar-refractivity contribution in [2.45, 2.75) is 13.0 Å². The van der Waals surface area contributed by atoms with Gasteiger partial charge in [0.15, 0.2) is 0 Å². The topological polar surface area (TPSA) is 33.2 Å². The summed E-state index contributed by atoms with van der Waals surface area (Å²) in [6, 6.07) is 13.1. The highest BCUT2D eigenvalue weighted by Gasteiger charge is 2.15. The van der Waals surface area contributed by atoms with Gasteiger partial charge in [0.05, 0.1) is 11.7 Å². The predicted molar refractivity (Wildman–Crippen MR) is 85.9 cm³/mol. The van der Waals surface area contributed by atoms with E-state index < -0.39 is 0 Å². The maximum Gasteiger partial charge on any atom is 0.246 e. The summed E-state index contributed by atoms with van der Waals surface area (Å²) in [5, 5.41) is 0.690. The lowest BCUT2D eigenvalue weighted by atomic mass is 10.1. The van der Waals surface area contributed by atoms with Crippen LogP contribution in [0.3, 0.4) is 0 Å². The van der Waals surface area contributed by atoms with Crippen LogP contribution in [0.1, 0.15) is 24.2 Å². The number of amides is 1. The highest BCUT2D eigenvalue weighted by molar-refractivity contribution is 6.30. The number of hydrogen-bond acceptors (Lipinski definition) is 2. The molecule has 0 N–H and O–H groups in total. The van der Waals surface area contributed by atoms with Gasteiger partial charge in [0.2, 0.25) is 5.91 Å². The van der Waals surface area contributed by atoms with Crippen LogP contribution < -0.4 is 0 Å². The number of hydrogen-bond donors (Lipinski definition) is 0. The Morgan fingerprint density at radius 1 is 1.24 bits per heavy atom. The second kappa shape index (κ2) is 7.04. The van der Waals surface area contributed by atoms with Crippen molar-refractivity contribution in [3.8, 4) is 0 Å². The molecule has 0 spiro atoms. The standard InChI is InChI=1S/C17H17ClN2O/c1-13(14-6-8-15(18)9-7-14)20(2)17(21)11-10-16-5-3-4-12-19-16/h3-13H,1-2H3/b11-10-/t13-/m0/s1. The average molecular weight is 301 g/mol. The molecule has 108 valence electrons. The first-order chi connectivity index (χ1) is 10.1. The highest BCUT2D eigenvalue weighted by atomic mass is 35.5. The van der Waals surface area contributed by atoms with Gasteiger partial charge in [-0.2, -0.15) is 0 Å². The third-order valence-electron chi connectivity index (χ3n) is 3.37. The molecule has 0 saturated heterocycles. The number of carbonyl (C=O) groups excluding carboxylic acids is 1. The summed E-state index contributed by atoms with van der Waals surface area (Å²) in [5.41, 5.74) is 1.81. The molecular weight excluding hydrogens is 284 g/mol. The number of pyridine rings is 1. The minimum absolute atomic E-state index is 0.0249. The van der Waals surface area contributed by atoms with E-state index in [-0.39, 0.29) is 11.9 Å². The minimum Gasteiger partial charge on any atom is -0.335 e. The summed E-state index contributed by atoms with van der Waals surface area (Å²) in [5.74, 6) is -0.0666. The molecule has 0 unspecified atom stereocenters. The first-order valence-electron chi connectivity index (χ1n) is 6.69. The molecule has 0 radical (unpaired) electrons. The molecular formula is C17H17ClN2O. The summed E-state index contributed by atoms with van der Waals surface area (Å²) in [6.45, 7) is 1.98. The van der Waals surface area contributed by atoms with Gasteiger partial charge in [0.25, 0.3) is 0 Å². The van der Waals surface area contributed by atoms with E-state index in [4.69, 9.17) is 11.6 Å². The fourth-order valence-corrected chi connectivity index (χ4v) is 2.03. The fraction of sp³-hybridized carbons (Fsp3) is 0.176. The van der Waals surface area contributed by atoms with Gasteiger partial charge in [-0.05, 0) is 42.8 Å². The lowest BCUT2D eigenvalue weighted by Gasteiger charge is -2.24. The number of nitrogens with zero attached hydrogens (tertiary/aromatic N) is 2. The van der Waals surface area contributed by atoms with Crippen molar-refractivity contribution in [1.82, 2.24) is 9.88 Å². The van der Waals surface area contributed by atoms with Crippen molar-refractivity contribution in [3.05, 3.63) is 71.0 Å². The lowest BCUT2D eigenvalue weighted by Crippen LogP contribution is -2.27. The first-order valence-corrected chi connectivity index (χ1v) is 7.07. The Balaban J connectivity index is 2.05. The molecule has 0 saturated carbocycles. The number of halogens is 1. The summed E-state index contributed by atoms with van der Waals surface area (Å²) >= 11 is 5.88. The third kappa shape index (κ3) is 4.17. The number of carbonyl (C=O) groups is 1. The molecule has 0 bridgehead atoms. The van der Waals surface area contributed by atoms with Gasteiger partial charge in [-0.15, -0.1) is 0 Å². The summed E-state index contributed by atoms with van der Waals surface area (Å²) < 4.78 is 0. The van der Waals surface area contributed by atoms with E-state index in [9.17, 15) is 4.79 Å². The van der Waals surface area contributed by atoms with Crippen LogP contribution in [-0.2, 0) is 4.79 Å². The molecule has 1 heterocycles. The van der Waals surface area contributed by atoms with E-state index in [2.05, 4.69) is 4.98 Å². The van der Waals surface area contributed by atoms with Gasteiger partial charge >= 0.3 is 0 Å². The van der Waals surface area contributed by atoms with Crippen LogP contribution in [-0.4, -0.2) is 22.8 Å². The maximum atomic E-state index is 12.2. The molecule has 2 rings (SSSR count). The van der Waals surface area contributed by atoms with Crippen molar-refractivity contribution in [2.75, 3.05) is 7.05 Å². The smallest absolute Gasteiger partial charge is 0.246 e. The summed E-state index contributed by atoms with van der Waals surface area (Å²) in [7, 11) is 1.78. The molecule has 0 aliphatic heterocycles. The minimum atomic E-state index is -0.0666. The van der Waals surface area contributed by atoms with Gasteiger partial charge in [-0.1, -0.05) is 29.8 Å². The number of likely N-dealkylation sites (N-methyl/N-ethyl adjacent to an activating group) is 1. The summed E-state index contributed by atoms with van der Waals surface area (Å²) in [4.78, 5) is 18.0. The second-order valence-electron chi connectivity index (χ2n) is 4.76. The van der Waals surface area contributed by atoms with Crippen LogP contribution in [0.4, 0.5) is 0 Å². The molecule has 3 nitrogen and oxygen atoms in total. The molecule has 0 aliphatic carbocycles. The molecule has 1 aromatic carbocycles. The maximum absolute atomic E-state index is 12.2. The zero-order valence-corrected chi connectivity index (χ0v) is 12.8. The fourth-order valence-electron chi connectivity index (χ4n) is 1.90. The van der Waals surface area contributed by atoms with Crippen molar-refractivity contribution < 1.29 is 4.79 Å². The molecule has 0 aliphatic rings. The van der Waals surface area contributed by atoms with Crippen LogP contribution in [0.15, 0.2) is 54.7 Å². The Kier molecular flexibility index (Phi) is 5.12. The van der Waals surface area contributed by atoms with Gasteiger partial charge in [-0.25, -0.2) is 0 Å². The molecule has 2 aromatic rings.